The first-order valence-corrected chi connectivity index (χ1v) is 10.6. The maximum Gasteiger partial charge on any atom is 0.323 e. The monoisotopic (exact) mass is 420 g/mol. The van der Waals surface area contributed by atoms with Crippen LogP contribution in [0.3, 0.4) is 0 Å². The molecule has 1 aliphatic heterocycles. The van der Waals surface area contributed by atoms with E-state index in [0.29, 0.717) is 5.69 Å². The summed E-state index contributed by atoms with van der Waals surface area (Å²) in [5, 5.41) is 14.2. The fourth-order valence-corrected chi connectivity index (χ4v) is 3.54. The molecule has 8 heteroatoms. The zero-order chi connectivity index (χ0) is 21.5. The smallest absolute Gasteiger partial charge is 0.323 e. The SMILES string of the molecule is Cc1ccccc1NC(=O)Nc1ccc(-n2cc(CCCN3CCOCC3)nn2)cc1. The van der Waals surface area contributed by atoms with Gasteiger partial charge in [-0.3, -0.25) is 4.90 Å². The van der Waals surface area contributed by atoms with E-state index in [0.717, 1.165) is 68.3 Å². The van der Waals surface area contributed by atoms with Crippen LogP contribution in [-0.2, 0) is 11.2 Å². The maximum atomic E-state index is 12.2. The largest absolute Gasteiger partial charge is 0.379 e. The lowest BCUT2D eigenvalue weighted by molar-refractivity contribution is 0.0374. The van der Waals surface area contributed by atoms with Crippen molar-refractivity contribution in [1.82, 2.24) is 19.9 Å². The summed E-state index contributed by atoms with van der Waals surface area (Å²) in [4.78, 5) is 14.7. The lowest BCUT2D eigenvalue weighted by Gasteiger charge is -2.26. The lowest BCUT2D eigenvalue weighted by atomic mass is 10.2. The molecule has 0 bridgehead atoms. The van der Waals surface area contributed by atoms with Crippen LogP contribution in [0.25, 0.3) is 5.69 Å². The van der Waals surface area contributed by atoms with Gasteiger partial charge in [-0.25, -0.2) is 9.48 Å². The van der Waals surface area contributed by atoms with Crippen LogP contribution in [-0.4, -0.2) is 58.8 Å². The highest BCUT2D eigenvalue weighted by atomic mass is 16.5. The Morgan fingerprint density at radius 1 is 1.06 bits per heavy atom. The minimum Gasteiger partial charge on any atom is -0.379 e. The van der Waals surface area contributed by atoms with E-state index in [1.165, 1.54) is 0 Å². The number of aryl methyl sites for hydroxylation is 2. The minimum atomic E-state index is -0.273. The molecule has 0 aliphatic carbocycles. The molecule has 4 rings (SSSR count). The first-order chi connectivity index (χ1) is 15.2. The summed E-state index contributed by atoms with van der Waals surface area (Å²) < 4.78 is 7.15. The van der Waals surface area contributed by atoms with Crippen LogP contribution in [0.5, 0.6) is 0 Å². The van der Waals surface area contributed by atoms with Gasteiger partial charge in [0.2, 0.25) is 0 Å². The average Bonchev–Trinajstić information content (AvgIpc) is 3.25. The van der Waals surface area contributed by atoms with Gasteiger partial charge in [0, 0.05) is 24.5 Å². The Balaban J connectivity index is 1.28. The van der Waals surface area contributed by atoms with Crippen LogP contribution < -0.4 is 10.6 Å². The molecule has 0 saturated carbocycles. The predicted molar refractivity (Wildman–Crippen MR) is 121 cm³/mol. The number of ether oxygens (including phenoxy) is 1. The minimum absolute atomic E-state index is 0.273. The van der Waals surface area contributed by atoms with Crippen molar-refractivity contribution >= 4 is 17.4 Å². The molecule has 2 aromatic carbocycles. The number of para-hydroxylation sites is 1. The molecular formula is C23H28N6O2. The highest BCUT2D eigenvalue weighted by Gasteiger charge is 2.10. The van der Waals surface area contributed by atoms with Crippen LogP contribution in [0, 0.1) is 6.92 Å². The van der Waals surface area contributed by atoms with Crippen molar-refractivity contribution in [3.8, 4) is 5.69 Å². The number of morpholine rings is 1. The second kappa shape index (κ2) is 10.2. The third-order valence-corrected chi connectivity index (χ3v) is 5.33. The molecule has 0 unspecified atom stereocenters. The molecular weight excluding hydrogens is 392 g/mol. The molecule has 2 N–H and O–H groups in total. The van der Waals surface area contributed by atoms with Crippen molar-refractivity contribution in [2.24, 2.45) is 0 Å². The molecule has 1 aromatic heterocycles. The maximum absolute atomic E-state index is 12.2. The van der Waals surface area contributed by atoms with Crippen LogP contribution in [0.15, 0.2) is 54.7 Å². The number of carbonyl (C=O) groups is 1. The first kappa shape index (κ1) is 21.0. The molecule has 0 radical (unpaired) electrons. The van der Waals surface area contributed by atoms with E-state index in [9.17, 15) is 4.79 Å². The molecule has 162 valence electrons. The molecule has 0 spiro atoms. The Morgan fingerprint density at radius 3 is 2.61 bits per heavy atom. The lowest BCUT2D eigenvalue weighted by Crippen LogP contribution is -2.36. The molecule has 0 atom stereocenters. The molecule has 2 heterocycles. The van der Waals surface area contributed by atoms with Crippen molar-refractivity contribution in [1.29, 1.82) is 0 Å². The Morgan fingerprint density at radius 2 is 1.84 bits per heavy atom. The van der Waals surface area contributed by atoms with Gasteiger partial charge in [0.15, 0.2) is 0 Å². The van der Waals surface area contributed by atoms with Gasteiger partial charge in [-0.2, -0.15) is 0 Å². The van der Waals surface area contributed by atoms with E-state index < -0.39 is 0 Å². The zero-order valence-corrected chi connectivity index (χ0v) is 17.8. The molecule has 31 heavy (non-hydrogen) atoms. The molecule has 1 fully saturated rings. The fourth-order valence-electron chi connectivity index (χ4n) is 3.54. The number of nitrogens with zero attached hydrogens (tertiary/aromatic N) is 4. The third kappa shape index (κ3) is 5.90. The van der Waals surface area contributed by atoms with Crippen LogP contribution in [0.1, 0.15) is 17.7 Å². The van der Waals surface area contributed by atoms with Crippen LogP contribution in [0.2, 0.25) is 0 Å². The highest BCUT2D eigenvalue weighted by molar-refractivity contribution is 6.00. The van der Waals surface area contributed by atoms with E-state index in [2.05, 4.69) is 25.8 Å². The number of amides is 2. The number of aromatic nitrogens is 3. The third-order valence-electron chi connectivity index (χ3n) is 5.33. The van der Waals surface area contributed by atoms with Gasteiger partial charge in [-0.1, -0.05) is 23.4 Å². The number of benzene rings is 2. The van der Waals surface area contributed by atoms with Gasteiger partial charge in [0.05, 0.1) is 30.8 Å². The predicted octanol–water partition coefficient (Wildman–Crippen LogP) is 3.48. The Kier molecular flexibility index (Phi) is 6.91. The van der Waals surface area contributed by atoms with Crippen LogP contribution in [0.4, 0.5) is 16.2 Å². The van der Waals surface area contributed by atoms with Gasteiger partial charge < -0.3 is 15.4 Å². The number of carbonyl (C=O) groups excluding carboxylic acids is 1. The highest BCUT2D eigenvalue weighted by Crippen LogP contribution is 2.16. The molecule has 2 amide bonds. The summed E-state index contributed by atoms with van der Waals surface area (Å²) in [6, 6.07) is 14.9. The second-order valence-corrected chi connectivity index (χ2v) is 7.65. The molecule has 1 aliphatic rings. The summed E-state index contributed by atoms with van der Waals surface area (Å²) >= 11 is 0. The van der Waals surface area contributed by atoms with Gasteiger partial charge >= 0.3 is 6.03 Å². The van der Waals surface area contributed by atoms with E-state index in [4.69, 9.17) is 4.74 Å². The summed E-state index contributed by atoms with van der Waals surface area (Å²) in [5.41, 5.74) is 4.39. The van der Waals surface area contributed by atoms with E-state index >= 15 is 0 Å². The number of hydrogen-bond acceptors (Lipinski definition) is 5. The van der Waals surface area contributed by atoms with Crippen LogP contribution >= 0.6 is 0 Å². The van der Waals surface area contributed by atoms with E-state index in [-0.39, 0.29) is 6.03 Å². The summed E-state index contributed by atoms with van der Waals surface area (Å²) in [5.74, 6) is 0. The quantitative estimate of drug-likeness (QED) is 0.611. The van der Waals surface area contributed by atoms with Gasteiger partial charge in [0.25, 0.3) is 0 Å². The first-order valence-electron chi connectivity index (χ1n) is 10.6. The van der Waals surface area contributed by atoms with Crippen molar-refractivity contribution in [3.63, 3.8) is 0 Å². The van der Waals surface area contributed by atoms with Crippen molar-refractivity contribution in [2.75, 3.05) is 43.5 Å². The molecule has 8 nitrogen and oxygen atoms in total. The summed E-state index contributed by atoms with van der Waals surface area (Å²) in [7, 11) is 0. The number of anilines is 2. The normalized spacial score (nSPS) is 14.4. The van der Waals surface area contributed by atoms with Gasteiger partial charge in [0.1, 0.15) is 0 Å². The van der Waals surface area contributed by atoms with Crippen molar-refractivity contribution in [2.45, 2.75) is 19.8 Å². The number of urea groups is 1. The number of hydrogen-bond donors (Lipinski definition) is 2. The zero-order valence-electron chi connectivity index (χ0n) is 17.8. The van der Waals surface area contributed by atoms with E-state index in [1.807, 2.05) is 61.7 Å². The standard InChI is InChI=1S/C23H28N6O2/c1-18-5-2-3-7-22(18)25-23(30)24-19-8-10-21(11-9-19)29-17-20(26-27-29)6-4-12-28-13-15-31-16-14-28/h2-3,5,7-11,17H,4,6,12-16H2,1H3,(H2,24,25,30). The Bertz CT molecular complexity index is 995. The average molecular weight is 421 g/mol. The van der Waals surface area contributed by atoms with E-state index in [1.54, 1.807) is 4.68 Å². The van der Waals surface area contributed by atoms with Gasteiger partial charge in [-0.05, 0) is 62.2 Å². The second-order valence-electron chi connectivity index (χ2n) is 7.65. The van der Waals surface area contributed by atoms with Crippen molar-refractivity contribution in [3.05, 3.63) is 66.0 Å². The van der Waals surface area contributed by atoms with Gasteiger partial charge in [-0.15, -0.1) is 5.10 Å². The fraction of sp³-hybridized carbons (Fsp3) is 0.348. The topological polar surface area (TPSA) is 84.3 Å². The summed E-state index contributed by atoms with van der Waals surface area (Å²) in [6.45, 7) is 6.69. The van der Waals surface area contributed by atoms with Crippen molar-refractivity contribution < 1.29 is 9.53 Å². The number of rotatable bonds is 7. The number of nitrogens with one attached hydrogen (secondary N) is 2. The Labute approximate surface area is 182 Å². The molecule has 3 aromatic rings. The summed E-state index contributed by atoms with van der Waals surface area (Å²) in [6.07, 6.45) is 3.92. The Hall–Kier alpha value is -3.23. The molecule has 1 saturated heterocycles.